The number of azo groups is 1. The summed E-state index contributed by atoms with van der Waals surface area (Å²) in [6, 6.07) is 5.32. The molecular formula is C20H25ClN4O2S. The minimum atomic E-state index is -0.559. The van der Waals surface area contributed by atoms with Crippen LogP contribution < -0.4 is 10.6 Å². The molecule has 1 aromatic rings. The molecule has 150 valence electrons. The first-order valence-electron chi connectivity index (χ1n) is 9.57. The largest absolute Gasteiger partial charge is 0.326 e. The van der Waals surface area contributed by atoms with Gasteiger partial charge in [-0.3, -0.25) is 14.9 Å². The second-order valence-electron chi connectivity index (χ2n) is 7.28. The summed E-state index contributed by atoms with van der Waals surface area (Å²) < 4.78 is 0. The van der Waals surface area contributed by atoms with Gasteiger partial charge in [-0.2, -0.15) is 5.11 Å². The molecule has 28 heavy (non-hydrogen) atoms. The molecule has 8 heteroatoms. The Morgan fingerprint density at radius 1 is 1.32 bits per heavy atom. The number of nitrogens with one attached hydrogen (secondary N) is 2. The molecule has 0 bridgehead atoms. The van der Waals surface area contributed by atoms with Crippen molar-refractivity contribution in [3.63, 3.8) is 0 Å². The van der Waals surface area contributed by atoms with Gasteiger partial charge < -0.3 is 5.32 Å². The van der Waals surface area contributed by atoms with Crippen molar-refractivity contribution in [2.75, 3.05) is 5.32 Å². The third-order valence-corrected chi connectivity index (χ3v) is 6.26. The minimum absolute atomic E-state index is 0.0588. The third kappa shape index (κ3) is 5.58. The molecule has 0 spiro atoms. The normalized spacial score (nSPS) is 22.4. The Morgan fingerprint density at radius 2 is 2.07 bits per heavy atom. The molecule has 1 atom stereocenters. The topological polar surface area (TPSA) is 82.9 Å². The molecule has 2 N–H and O–H groups in total. The minimum Gasteiger partial charge on any atom is -0.326 e. The third-order valence-electron chi connectivity index (χ3n) is 5.17. The number of hydrogen-bond donors (Lipinski definition) is 2. The van der Waals surface area contributed by atoms with Crippen LogP contribution in [0, 0.1) is 12.8 Å². The van der Waals surface area contributed by atoms with Crippen molar-refractivity contribution >= 4 is 40.2 Å². The zero-order valence-corrected chi connectivity index (χ0v) is 17.7. The summed E-state index contributed by atoms with van der Waals surface area (Å²) in [6.45, 7) is 3.91. The summed E-state index contributed by atoms with van der Waals surface area (Å²) in [6.07, 6.45) is 5.99. The average Bonchev–Trinajstić information content (AvgIpc) is 2.85. The van der Waals surface area contributed by atoms with E-state index < -0.39 is 5.37 Å². The molecule has 3 rings (SSSR count). The maximum Gasteiger partial charge on any atom is 0.286 e. The molecule has 0 radical (unpaired) electrons. The Balaban J connectivity index is 1.67. The second kappa shape index (κ2) is 9.56. The van der Waals surface area contributed by atoms with Gasteiger partial charge in [0.25, 0.3) is 5.24 Å². The van der Waals surface area contributed by atoms with Crippen molar-refractivity contribution in [2.24, 2.45) is 16.1 Å². The summed E-state index contributed by atoms with van der Waals surface area (Å²) in [7, 11) is 0. The monoisotopic (exact) mass is 420 g/mol. The SMILES string of the molecule is C/C(=C1/N=NC(CC(=O)Nc2cc(Cl)ccc2C)SC(=O)N1)C1CCCCC1. The fraction of sp³-hybridized carbons (Fsp3) is 0.500. The Kier molecular flexibility index (Phi) is 7.13. The predicted molar refractivity (Wildman–Crippen MR) is 113 cm³/mol. The van der Waals surface area contributed by atoms with Crippen LogP contribution in [0.5, 0.6) is 0 Å². The van der Waals surface area contributed by atoms with Crippen LogP contribution in [0.15, 0.2) is 39.8 Å². The summed E-state index contributed by atoms with van der Waals surface area (Å²) in [4.78, 5) is 24.7. The van der Waals surface area contributed by atoms with Gasteiger partial charge in [-0.1, -0.05) is 36.9 Å². The van der Waals surface area contributed by atoms with E-state index in [1.54, 1.807) is 12.1 Å². The number of amides is 2. The lowest BCUT2D eigenvalue weighted by Gasteiger charge is -2.23. The molecule has 1 aliphatic carbocycles. The van der Waals surface area contributed by atoms with Crippen LogP contribution in [0.2, 0.25) is 5.02 Å². The molecule has 1 fully saturated rings. The molecule has 1 saturated carbocycles. The number of aryl methyl sites for hydroxylation is 1. The van der Waals surface area contributed by atoms with E-state index >= 15 is 0 Å². The number of nitrogens with zero attached hydrogens (tertiary/aromatic N) is 2. The van der Waals surface area contributed by atoms with Crippen molar-refractivity contribution < 1.29 is 9.59 Å². The van der Waals surface area contributed by atoms with E-state index in [2.05, 4.69) is 20.9 Å². The summed E-state index contributed by atoms with van der Waals surface area (Å²) in [5, 5.41) is 14.0. The van der Waals surface area contributed by atoms with E-state index in [1.807, 2.05) is 19.9 Å². The van der Waals surface area contributed by atoms with Crippen LogP contribution >= 0.6 is 23.4 Å². The number of benzene rings is 1. The smallest absolute Gasteiger partial charge is 0.286 e. The standard InChI is InChI=1S/C20H25ClN4O2S/c1-12-8-9-15(21)10-16(12)22-17(26)11-18-24-25-19(23-20(27)28-18)13(2)14-6-4-3-5-7-14/h8-10,14,18H,3-7,11H2,1-2H3,(H,22,26)(H,23,27)/b19-13-. The molecule has 1 aliphatic heterocycles. The lowest BCUT2D eigenvalue weighted by molar-refractivity contribution is -0.116. The van der Waals surface area contributed by atoms with Crippen LogP contribution in [0.25, 0.3) is 0 Å². The van der Waals surface area contributed by atoms with E-state index in [-0.39, 0.29) is 17.6 Å². The van der Waals surface area contributed by atoms with Gasteiger partial charge in [0.2, 0.25) is 5.91 Å². The number of anilines is 1. The summed E-state index contributed by atoms with van der Waals surface area (Å²) in [5.41, 5.74) is 2.65. The van der Waals surface area contributed by atoms with Crippen molar-refractivity contribution in [1.82, 2.24) is 5.32 Å². The Hall–Kier alpha value is -1.86. The quantitative estimate of drug-likeness (QED) is 0.624. The molecule has 0 saturated heterocycles. The van der Waals surface area contributed by atoms with Crippen LogP contribution in [0.3, 0.4) is 0 Å². The summed E-state index contributed by atoms with van der Waals surface area (Å²) >= 11 is 6.99. The molecule has 1 aromatic carbocycles. The van der Waals surface area contributed by atoms with E-state index in [0.29, 0.717) is 22.4 Å². The number of rotatable bonds is 4. The molecule has 1 heterocycles. The van der Waals surface area contributed by atoms with Gasteiger partial charge in [0, 0.05) is 10.7 Å². The Bertz CT molecular complexity index is 818. The van der Waals surface area contributed by atoms with Gasteiger partial charge in [0.05, 0.1) is 6.42 Å². The number of hydrogen-bond acceptors (Lipinski definition) is 5. The average molecular weight is 421 g/mol. The Morgan fingerprint density at radius 3 is 2.82 bits per heavy atom. The second-order valence-corrected chi connectivity index (χ2v) is 8.87. The van der Waals surface area contributed by atoms with Crippen LogP contribution in [0.1, 0.15) is 51.0 Å². The van der Waals surface area contributed by atoms with Crippen molar-refractivity contribution in [1.29, 1.82) is 0 Å². The Labute approximate surface area is 174 Å². The van der Waals surface area contributed by atoms with Gasteiger partial charge in [-0.15, -0.1) is 5.11 Å². The number of allylic oxidation sites excluding steroid dienone is 1. The fourth-order valence-corrected chi connectivity index (χ4v) is 4.40. The highest BCUT2D eigenvalue weighted by Crippen LogP contribution is 2.32. The van der Waals surface area contributed by atoms with Crippen molar-refractivity contribution in [2.45, 2.75) is 57.7 Å². The zero-order valence-electron chi connectivity index (χ0n) is 16.1. The first-order valence-corrected chi connectivity index (χ1v) is 10.8. The van der Waals surface area contributed by atoms with Gasteiger partial charge in [-0.25, -0.2) is 0 Å². The van der Waals surface area contributed by atoms with E-state index in [4.69, 9.17) is 11.6 Å². The molecule has 2 aliphatic rings. The van der Waals surface area contributed by atoms with Crippen molar-refractivity contribution in [3.05, 3.63) is 40.2 Å². The lowest BCUT2D eigenvalue weighted by atomic mass is 9.84. The first-order chi connectivity index (χ1) is 13.4. The number of thioether (sulfide) groups is 1. The van der Waals surface area contributed by atoms with Gasteiger partial charge in [0.15, 0.2) is 5.82 Å². The van der Waals surface area contributed by atoms with E-state index in [9.17, 15) is 9.59 Å². The maximum absolute atomic E-state index is 12.4. The molecule has 2 amide bonds. The van der Waals surface area contributed by atoms with Crippen LogP contribution in [0.4, 0.5) is 10.5 Å². The van der Waals surface area contributed by atoms with Gasteiger partial charge in [-0.05, 0) is 67.6 Å². The molecule has 1 unspecified atom stereocenters. The highest BCUT2D eigenvalue weighted by molar-refractivity contribution is 8.14. The lowest BCUT2D eigenvalue weighted by Crippen LogP contribution is -2.22. The number of halogens is 1. The van der Waals surface area contributed by atoms with Gasteiger partial charge in [0.1, 0.15) is 5.37 Å². The van der Waals surface area contributed by atoms with Crippen molar-refractivity contribution in [3.8, 4) is 0 Å². The zero-order chi connectivity index (χ0) is 20.1. The van der Waals surface area contributed by atoms with Gasteiger partial charge >= 0.3 is 0 Å². The molecule has 0 aromatic heterocycles. The van der Waals surface area contributed by atoms with Crippen LogP contribution in [-0.4, -0.2) is 16.5 Å². The summed E-state index contributed by atoms with van der Waals surface area (Å²) in [5.74, 6) is 0.752. The van der Waals surface area contributed by atoms with E-state index in [0.717, 1.165) is 35.7 Å². The van der Waals surface area contributed by atoms with Crippen LogP contribution in [-0.2, 0) is 4.79 Å². The number of carbonyl (C=O) groups is 2. The first kappa shape index (κ1) is 20.9. The van der Waals surface area contributed by atoms with E-state index in [1.165, 1.54) is 19.3 Å². The fourth-order valence-electron chi connectivity index (χ4n) is 3.50. The highest BCUT2D eigenvalue weighted by atomic mass is 35.5. The highest BCUT2D eigenvalue weighted by Gasteiger charge is 2.25. The predicted octanol–water partition coefficient (Wildman–Crippen LogP) is 6.02. The maximum atomic E-state index is 12.4. The molecule has 6 nitrogen and oxygen atoms in total. The molecular weight excluding hydrogens is 396 g/mol. The number of carbonyl (C=O) groups excluding carboxylic acids is 2.